The number of hydrogen-bond acceptors (Lipinski definition) is 9. The van der Waals surface area contributed by atoms with Gasteiger partial charge in [-0.15, -0.1) is 11.8 Å². The molecule has 1 aromatic rings. The van der Waals surface area contributed by atoms with Gasteiger partial charge in [0.05, 0.1) is 37.1 Å². The molecule has 1 saturated heterocycles. The lowest BCUT2D eigenvalue weighted by Crippen LogP contribution is -2.63. The summed E-state index contributed by atoms with van der Waals surface area (Å²) in [6.07, 6.45) is 2.48. The fourth-order valence-corrected chi connectivity index (χ4v) is 7.95. The van der Waals surface area contributed by atoms with Gasteiger partial charge in [-0.1, -0.05) is 19.6 Å². The summed E-state index contributed by atoms with van der Waals surface area (Å²) < 4.78 is 4.41. The molecule has 0 aromatic heterocycles. The summed E-state index contributed by atoms with van der Waals surface area (Å²) in [4.78, 5) is 41.7. The van der Waals surface area contributed by atoms with Crippen molar-refractivity contribution in [3.8, 4) is 12.1 Å². The average molecular weight is 566 g/mol. The first kappa shape index (κ1) is 29.4. The lowest BCUT2D eigenvalue weighted by Gasteiger charge is -2.51. The molecule has 11 nitrogen and oxygen atoms in total. The van der Waals surface area contributed by atoms with Crippen molar-refractivity contribution >= 4 is 40.9 Å². The van der Waals surface area contributed by atoms with E-state index in [1.165, 1.54) is 18.0 Å². The highest BCUT2D eigenvalue weighted by molar-refractivity contribution is 8.03. The van der Waals surface area contributed by atoms with Gasteiger partial charge in [0, 0.05) is 43.7 Å². The van der Waals surface area contributed by atoms with Crippen molar-refractivity contribution < 1.29 is 19.1 Å². The van der Waals surface area contributed by atoms with Gasteiger partial charge >= 0.3 is 0 Å². The summed E-state index contributed by atoms with van der Waals surface area (Å²) in [6, 6.07) is 11.5. The molecule has 2 aliphatic carbocycles. The molecule has 212 valence electrons. The van der Waals surface area contributed by atoms with Crippen molar-refractivity contribution in [3.63, 3.8) is 0 Å². The van der Waals surface area contributed by atoms with Crippen LogP contribution in [0, 0.1) is 40.4 Å². The molecule has 1 heterocycles. The molecule has 3 amide bonds. The van der Waals surface area contributed by atoms with Crippen molar-refractivity contribution in [2.75, 3.05) is 57.1 Å². The molecule has 40 heavy (non-hydrogen) atoms. The molecule has 1 aromatic carbocycles. The van der Waals surface area contributed by atoms with Gasteiger partial charge in [0.1, 0.15) is 16.2 Å². The van der Waals surface area contributed by atoms with Gasteiger partial charge in [0.25, 0.3) is 0 Å². The van der Waals surface area contributed by atoms with E-state index < -0.39 is 27.4 Å². The Balaban J connectivity index is 1.38. The highest BCUT2D eigenvalue weighted by Crippen LogP contribution is 2.71. The van der Waals surface area contributed by atoms with Gasteiger partial charge in [0.15, 0.2) is 0 Å². The second kappa shape index (κ2) is 12.3. The van der Waals surface area contributed by atoms with Gasteiger partial charge in [-0.2, -0.15) is 10.5 Å². The number of nitriles is 2. The highest BCUT2D eigenvalue weighted by atomic mass is 32.2. The Morgan fingerprint density at radius 1 is 1.32 bits per heavy atom. The van der Waals surface area contributed by atoms with Crippen LogP contribution >= 0.6 is 11.8 Å². The third-order valence-electron chi connectivity index (χ3n) is 7.89. The molecule has 4 rings (SSSR count). The van der Waals surface area contributed by atoms with E-state index in [0.717, 1.165) is 12.2 Å². The first-order valence-corrected chi connectivity index (χ1v) is 14.2. The Morgan fingerprint density at radius 3 is 2.77 bits per heavy atom. The number of methoxy groups -OCH3 is 1. The largest absolute Gasteiger partial charge is 0.385 e. The zero-order chi connectivity index (χ0) is 28.9. The van der Waals surface area contributed by atoms with Crippen LogP contribution in [-0.2, 0) is 19.1 Å². The Bertz CT molecular complexity index is 1250. The van der Waals surface area contributed by atoms with Crippen LogP contribution in [0.1, 0.15) is 19.8 Å². The number of likely N-dealkylation sites (N-methyl/N-ethyl adjacent to an activating group) is 1. The number of amides is 3. The van der Waals surface area contributed by atoms with Gasteiger partial charge < -0.3 is 25.6 Å². The summed E-state index contributed by atoms with van der Waals surface area (Å²) in [6.45, 7) is 8.45. The zero-order valence-electron chi connectivity index (χ0n) is 22.8. The average Bonchev–Trinajstić information content (AvgIpc) is 3.57. The number of rotatable bonds is 13. The smallest absolute Gasteiger partial charge is 0.244 e. The second-order valence-corrected chi connectivity index (χ2v) is 11.9. The Morgan fingerprint density at radius 2 is 2.10 bits per heavy atom. The minimum atomic E-state index is -0.868. The van der Waals surface area contributed by atoms with Crippen LogP contribution < -0.4 is 16.0 Å². The molecule has 0 radical (unpaired) electrons. The zero-order valence-corrected chi connectivity index (χ0v) is 23.6. The maximum atomic E-state index is 13.6. The van der Waals surface area contributed by atoms with Gasteiger partial charge in [-0.25, -0.2) is 0 Å². The number of hydrogen-bond donors (Lipinski definition) is 3. The molecule has 0 bridgehead atoms. The fraction of sp³-hybridized carbons (Fsp3) is 0.536. The number of nitrogens with one attached hydrogen (secondary N) is 3. The van der Waals surface area contributed by atoms with Crippen LogP contribution in [0.25, 0.3) is 0 Å². The van der Waals surface area contributed by atoms with Crippen molar-refractivity contribution in [1.29, 1.82) is 10.5 Å². The number of benzene rings is 1. The predicted octanol–water partition coefficient (Wildman–Crippen LogP) is 1.98. The van der Waals surface area contributed by atoms with Crippen LogP contribution in [0.5, 0.6) is 0 Å². The van der Waals surface area contributed by atoms with E-state index in [0.29, 0.717) is 38.2 Å². The first-order valence-electron chi connectivity index (χ1n) is 13.3. The fourth-order valence-electron chi connectivity index (χ4n) is 5.68. The van der Waals surface area contributed by atoms with Crippen molar-refractivity contribution in [3.05, 3.63) is 37.0 Å². The summed E-state index contributed by atoms with van der Waals surface area (Å²) in [5, 5.41) is 27.4. The molecule has 2 spiro atoms. The molecule has 2 saturated carbocycles. The molecule has 3 N–H and O–H groups in total. The maximum absolute atomic E-state index is 13.6. The summed E-state index contributed by atoms with van der Waals surface area (Å²) in [7, 11) is 1.64. The van der Waals surface area contributed by atoms with Crippen molar-refractivity contribution in [2.24, 2.45) is 17.8 Å². The molecule has 5 atom stereocenters. The lowest BCUT2D eigenvalue weighted by atomic mass is 9.67. The molecule has 3 aliphatic rings. The predicted molar refractivity (Wildman–Crippen MR) is 152 cm³/mol. The molecule has 5 unspecified atom stereocenters. The summed E-state index contributed by atoms with van der Waals surface area (Å²) in [5.74, 6) is -1.84. The van der Waals surface area contributed by atoms with E-state index in [1.54, 1.807) is 12.0 Å². The maximum Gasteiger partial charge on any atom is 0.244 e. The van der Waals surface area contributed by atoms with Crippen LogP contribution in [0.3, 0.4) is 0 Å². The second-order valence-electron chi connectivity index (χ2n) is 10.3. The third-order valence-corrected chi connectivity index (χ3v) is 9.90. The van der Waals surface area contributed by atoms with E-state index in [1.807, 2.05) is 42.2 Å². The van der Waals surface area contributed by atoms with Gasteiger partial charge in [-0.05, 0) is 37.6 Å². The minimum absolute atomic E-state index is 0.0212. The van der Waals surface area contributed by atoms with Gasteiger partial charge in [-0.3, -0.25) is 19.3 Å². The Labute approximate surface area is 238 Å². The highest BCUT2D eigenvalue weighted by Gasteiger charge is 2.77. The Kier molecular flexibility index (Phi) is 9.04. The quantitative estimate of drug-likeness (QED) is 0.305. The number of ether oxygens (including phenoxy) is 1. The van der Waals surface area contributed by atoms with Crippen LogP contribution in [0.4, 0.5) is 11.4 Å². The van der Waals surface area contributed by atoms with E-state index in [4.69, 9.17) is 10.00 Å². The number of carbonyl (C=O) groups excluding carboxylic acids is 3. The first-order chi connectivity index (χ1) is 19.3. The molecule has 12 heteroatoms. The van der Waals surface area contributed by atoms with E-state index in [9.17, 15) is 19.6 Å². The standard InChI is InChI=1S/C28H35N7O4S/c1-4-34(11-12-39-3)18-23(36)33-22-8-6-7-21(13-22)32-17-20-15-27(20)26(38)35(5-2)28(40-27)14-19(16-30)24(28)25(37)31-10-9-29/h5-8,13,19-20,24,32H,2,4,10-12,14-15,17-18H2,1,3H3,(H,31,37)(H,33,36). The van der Waals surface area contributed by atoms with E-state index in [-0.39, 0.29) is 30.8 Å². The monoisotopic (exact) mass is 565 g/mol. The topological polar surface area (TPSA) is 151 Å². The van der Waals surface area contributed by atoms with Crippen LogP contribution in [-0.4, -0.2) is 83.6 Å². The SMILES string of the molecule is C=CN1C(=O)C2(CC2CNc2cccc(NC(=O)CN(CC)CCOC)c2)SC12CC(C#N)C2C(=O)NCC#N. The number of nitrogens with zero attached hydrogens (tertiary/aromatic N) is 4. The summed E-state index contributed by atoms with van der Waals surface area (Å²) >= 11 is 1.47. The third kappa shape index (κ3) is 5.52. The van der Waals surface area contributed by atoms with E-state index >= 15 is 0 Å². The minimum Gasteiger partial charge on any atom is -0.385 e. The van der Waals surface area contributed by atoms with Gasteiger partial charge in [0.2, 0.25) is 17.7 Å². The number of carbonyl (C=O) groups is 3. The number of thioether (sulfide) groups is 1. The molecular weight excluding hydrogens is 530 g/mol. The molecule has 1 aliphatic heterocycles. The molecule has 3 fully saturated rings. The molecular formula is C28H35N7O4S. The number of anilines is 2. The lowest BCUT2D eigenvalue weighted by molar-refractivity contribution is -0.141. The van der Waals surface area contributed by atoms with Crippen LogP contribution in [0.15, 0.2) is 37.0 Å². The van der Waals surface area contributed by atoms with Crippen LogP contribution in [0.2, 0.25) is 0 Å². The normalized spacial score (nSPS) is 28.1. The Hall–Kier alpha value is -3.58. The van der Waals surface area contributed by atoms with E-state index in [2.05, 4.69) is 28.6 Å². The summed E-state index contributed by atoms with van der Waals surface area (Å²) in [5.41, 5.74) is 1.49. The van der Waals surface area contributed by atoms with Crippen molar-refractivity contribution in [1.82, 2.24) is 15.1 Å². The van der Waals surface area contributed by atoms with Crippen molar-refractivity contribution in [2.45, 2.75) is 29.4 Å².